The summed E-state index contributed by atoms with van der Waals surface area (Å²) in [6, 6.07) is 4.49. The molecule has 1 aliphatic rings. The van der Waals surface area contributed by atoms with E-state index < -0.39 is 11.7 Å². The van der Waals surface area contributed by atoms with Gasteiger partial charge in [0.15, 0.2) is 0 Å². The summed E-state index contributed by atoms with van der Waals surface area (Å²) in [5.41, 5.74) is 5.68. The zero-order valence-corrected chi connectivity index (χ0v) is 12.3. The highest BCUT2D eigenvalue weighted by Gasteiger charge is 2.36. The number of anilines is 1. The van der Waals surface area contributed by atoms with Crippen LogP contribution in [0.15, 0.2) is 18.2 Å². The van der Waals surface area contributed by atoms with Gasteiger partial charge < -0.3 is 15.4 Å². The van der Waals surface area contributed by atoms with Crippen LogP contribution in [0, 0.1) is 0 Å². The number of rotatable bonds is 3. The smallest absolute Gasteiger partial charge is 0.372 e. The Bertz CT molecular complexity index is 480. The first-order chi connectivity index (χ1) is 9.81. The predicted molar refractivity (Wildman–Crippen MR) is 76.4 cm³/mol. The van der Waals surface area contributed by atoms with Crippen LogP contribution >= 0.6 is 0 Å². The van der Waals surface area contributed by atoms with Crippen LogP contribution in [0.25, 0.3) is 0 Å². The quantitative estimate of drug-likeness (QED) is 0.933. The summed E-state index contributed by atoms with van der Waals surface area (Å²) in [5, 5.41) is 0. The maximum absolute atomic E-state index is 13.3. The number of ether oxygens (including phenoxy) is 1. The summed E-state index contributed by atoms with van der Waals surface area (Å²) in [7, 11) is 0. The fourth-order valence-corrected chi connectivity index (χ4v) is 2.78. The molecule has 21 heavy (non-hydrogen) atoms. The minimum atomic E-state index is -4.37. The van der Waals surface area contributed by atoms with Crippen molar-refractivity contribution in [2.45, 2.75) is 38.7 Å². The number of halogens is 3. The van der Waals surface area contributed by atoms with E-state index in [-0.39, 0.29) is 17.9 Å². The molecular weight excluding hydrogens is 281 g/mol. The Balaban J connectivity index is 2.37. The summed E-state index contributed by atoms with van der Waals surface area (Å²) >= 11 is 0. The van der Waals surface area contributed by atoms with E-state index in [2.05, 4.69) is 0 Å². The molecule has 1 fully saturated rings. The summed E-state index contributed by atoms with van der Waals surface area (Å²) in [4.78, 5) is 1.76. The molecule has 0 aromatic heterocycles. The van der Waals surface area contributed by atoms with Crippen molar-refractivity contribution in [3.05, 3.63) is 29.3 Å². The van der Waals surface area contributed by atoms with E-state index in [1.165, 1.54) is 6.07 Å². The molecule has 118 valence electrons. The minimum absolute atomic E-state index is 0.0847. The van der Waals surface area contributed by atoms with Gasteiger partial charge in [0.1, 0.15) is 0 Å². The van der Waals surface area contributed by atoms with E-state index in [4.69, 9.17) is 10.5 Å². The molecule has 2 N–H and O–H groups in total. The van der Waals surface area contributed by atoms with Gasteiger partial charge in [-0.2, -0.15) is 13.2 Å². The third kappa shape index (κ3) is 3.89. The molecule has 0 saturated carbocycles. The lowest BCUT2D eigenvalue weighted by molar-refractivity contribution is -0.137. The SMILES string of the molecule is C[C@@H]1CN(c2ccc(CCN)cc2C(F)(F)F)C[C@H](C)O1. The van der Waals surface area contributed by atoms with E-state index in [0.717, 1.165) is 0 Å². The number of alkyl halides is 3. The molecule has 6 heteroatoms. The van der Waals surface area contributed by atoms with Gasteiger partial charge in [0.05, 0.1) is 17.8 Å². The standard InChI is InChI=1S/C15H21F3N2O/c1-10-8-20(9-11(2)21-10)14-4-3-12(5-6-19)7-13(14)15(16,17)18/h3-4,7,10-11H,5-6,8-9,19H2,1-2H3/t10-,11+. The summed E-state index contributed by atoms with van der Waals surface area (Å²) in [6.07, 6.45) is -4.10. The van der Waals surface area contributed by atoms with Crippen molar-refractivity contribution in [2.24, 2.45) is 5.73 Å². The highest BCUT2D eigenvalue weighted by Crippen LogP contribution is 2.38. The number of hydrogen-bond donors (Lipinski definition) is 1. The lowest BCUT2D eigenvalue weighted by Crippen LogP contribution is -2.46. The van der Waals surface area contributed by atoms with Crippen molar-refractivity contribution in [1.29, 1.82) is 0 Å². The van der Waals surface area contributed by atoms with Crippen LogP contribution in [0.3, 0.4) is 0 Å². The van der Waals surface area contributed by atoms with Gasteiger partial charge in [0.25, 0.3) is 0 Å². The normalized spacial score (nSPS) is 23.4. The molecule has 2 rings (SSSR count). The first kappa shape index (κ1) is 16.1. The van der Waals surface area contributed by atoms with Crippen LogP contribution in [0.2, 0.25) is 0 Å². The summed E-state index contributed by atoms with van der Waals surface area (Å²) in [6.45, 7) is 5.01. The highest BCUT2D eigenvalue weighted by molar-refractivity contribution is 5.57. The van der Waals surface area contributed by atoms with Gasteiger partial charge in [-0.25, -0.2) is 0 Å². The number of nitrogens with zero attached hydrogens (tertiary/aromatic N) is 1. The van der Waals surface area contributed by atoms with Gasteiger partial charge in [-0.1, -0.05) is 6.07 Å². The Hall–Kier alpha value is -1.27. The fourth-order valence-electron chi connectivity index (χ4n) is 2.78. The van der Waals surface area contributed by atoms with Crippen molar-refractivity contribution >= 4 is 5.69 Å². The third-order valence-corrected chi connectivity index (χ3v) is 3.56. The van der Waals surface area contributed by atoms with E-state index in [0.29, 0.717) is 31.6 Å². The zero-order chi connectivity index (χ0) is 15.6. The molecule has 0 aliphatic carbocycles. The average molecular weight is 302 g/mol. The largest absolute Gasteiger partial charge is 0.418 e. The van der Waals surface area contributed by atoms with Gasteiger partial charge in [0, 0.05) is 18.8 Å². The van der Waals surface area contributed by atoms with Gasteiger partial charge in [0.2, 0.25) is 0 Å². The van der Waals surface area contributed by atoms with Crippen molar-refractivity contribution in [2.75, 3.05) is 24.5 Å². The Morgan fingerprint density at radius 2 is 1.86 bits per heavy atom. The maximum atomic E-state index is 13.3. The highest BCUT2D eigenvalue weighted by atomic mass is 19.4. The first-order valence-corrected chi connectivity index (χ1v) is 7.12. The Labute approximate surface area is 122 Å². The molecule has 0 amide bonds. The number of morpholine rings is 1. The van der Waals surface area contributed by atoms with Gasteiger partial charge in [-0.3, -0.25) is 0 Å². The Morgan fingerprint density at radius 3 is 2.38 bits per heavy atom. The Morgan fingerprint density at radius 1 is 1.24 bits per heavy atom. The predicted octanol–water partition coefficient (Wildman–Crippen LogP) is 2.82. The van der Waals surface area contributed by atoms with Gasteiger partial charge in [-0.05, 0) is 44.5 Å². The molecule has 0 radical (unpaired) electrons. The van der Waals surface area contributed by atoms with E-state index in [9.17, 15) is 13.2 Å². The molecule has 0 unspecified atom stereocenters. The molecule has 0 bridgehead atoms. The van der Waals surface area contributed by atoms with E-state index >= 15 is 0 Å². The number of benzene rings is 1. The lowest BCUT2D eigenvalue weighted by Gasteiger charge is -2.38. The van der Waals surface area contributed by atoms with Crippen molar-refractivity contribution < 1.29 is 17.9 Å². The molecule has 1 saturated heterocycles. The second kappa shape index (κ2) is 6.23. The lowest BCUT2D eigenvalue weighted by atomic mass is 10.0. The van der Waals surface area contributed by atoms with E-state index in [1.54, 1.807) is 17.0 Å². The molecule has 1 aromatic rings. The molecule has 1 heterocycles. The number of nitrogens with two attached hydrogens (primary N) is 1. The van der Waals surface area contributed by atoms with Gasteiger partial charge >= 0.3 is 6.18 Å². The van der Waals surface area contributed by atoms with Crippen LogP contribution in [-0.4, -0.2) is 31.8 Å². The van der Waals surface area contributed by atoms with Crippen molar-refractivity contribution in [3.63, 3.8) is 0 Å². The second-order valence-electron chi connectivity index (χ2n) is 5.55. The Kier molecular flexibility index (Phi) is 4.78. The molecule has 1 aromatic carbocycles. The van der Waals surface area contributed by atoms with Crippen LogP contribution in [0.4, 0.5) is 18.9 Å². The second-order valence-corrected chi connectivity index (χ2v) is 5.55. The topological polar surface area (TPSA) is 38.5 Å². The molecule has 1 aliphatic heterocycles. The minimum Gasteiger partial charge on any atom is -0.372 e. The average Bonchev–Trinajstić information content (AvgIpc) is 2.37. The maximum Gasteiger partial charge on any atom is 0.418 e. The molecular formula is C15H21F3N2O. The molecule has 0 spiro atoms. The van der Waals surface area contributed by atoms with Crippen molar-refractivity contribution in [1.82, 2.24) is 0 Å². The monoisotopic (exact) mass is 302 g/mol. The third-order valence-electron chi connectivity index (χ3n) is 3.56. The van der Waals surface area contributed by atoms with Gasteiger partial charge in [-0.15, -0.1) is 0 Å². The van der Waals surface area contributed by atoms with E-state index in [1.807, 2.05) is 13.8 Å². The van der Waals surface area contributed by atoms with Crippen molar-refractivity contribution in [3.8, 4) is 0 Å². The summed E-state index contributed by atoms with van der Waals surface area (Å²) in [5.74, 6) is 0. The molecule has 2 atom stereocenters. The van der Waals surface area contributed by atoms with Crippen LogP contribution in [-0.2, 0) is 17.3 Å². The zero-order valence-electron chi connectivity index (χ0n) is 12.3. The van der Waals surface area contributed by atoms with Crippen LogP contribution in [0.1, 0.15) is 25.0 Å². The van der Waals surface area contributed by atoms with Crippen LogP contribution in [0.5, 0.6) is 0 Å². The first-order valence-electron chi connectivity index (χ1n) is 7.12. The summed E-state index contributed by atoms with van der Waals surface area (Å²) < 4.78 is 45.6. The fraction of sp³-hybridized carbons (Fsp3) is 0.600. The molecule has 3 nitrogen and oxygen atoms in total. The van der Waals surface area contributed by atoms with Crippen LogP contribution < -0.4 is 10.6 Å². The number of hydrogen-bond acceptors (Lipinski definition) is 3.